The Hall–Kier alpha value is -1.96. The van der Waals surface area contributed by atoms with Gasteiger partial charge >= 0.3 is 0 Å². The third-order valence-electron chi connectivity index (χ3n) is 3.79. The maximum Gasteiger partial charge on any atom is 0.240 e. The molecule has 7 heteroatoms. The molecule has 0 aromatic heterocycles. The summed E-state index contributed by atoms with van der Waals surface area (Å²) in [6.45, 7) is 4.28. The lowest BCUT2D eigenvalue weighted by Crippen LogP contribution is -2.23. The number of benzene rings is 2. The lowest BCUT2D eigenvalue weighted by atomic mass is 10.1. The van der Waals surface area contributed by atoms with Crippen LogP contribution in [0.3, 0.4) is 0 Å². The summed E-state index contributed by atoms with van der Waals surface area (Å²) in [5.41, 5.74) is 2.94. The second kappa shape index (κ2) is 9.66. The molecule has 0 atom stereocenters. The Kier molecular flexibility index (Phi) is 7.56. The summed E-state index contributed by atoms with van der Waals surface area (Å²) in [5, 5.41) is 6.64. The molecular weight excluding hydrogens is 366 g/mol. The molecule has 2 aromatic rings. The van der Waals surface area contributed by atoms with Crippen LogP contribution in [0.1, 0.15) is 32.3 Å². The van der Waals surface area contributed by atoms with Gasteiger partial charge in [-0.15, -0.1) is 0 Å². The second-order valence-corrected chi connectivity index (χ2v) is 8.08. The largest absolute Gasteiger partial charge is 0.332 e. The predicted octanol–water partition coefficient (Wildman–Crippen LogP) is 4.14. The Labute approximate surface area is 161 Å². The molecule has 0 amide bonds. The zero-order chi connectivity index (χ0) is 19.0. The topological polar surface area (TPSA) is 70.2 Å². The van der Waals surface area contributed by atoms with Crippen LogP contribution in [-0.4, -0.2) is 20.1 Å². The van der Waals surface area contributed by atoms with Crippen LogP contribution in [-0.2, 0) is 16.4 Å². The second-order valence-electron chi connectivity index (χ2n) is 5.91. The average Bonchev–Trinajstić information content (AvgIpc) is 2.61. The molecule has 0 heterocycles. The summed E-state index contributed by atoms with van der Waals surface area (Å²) >= 11 is 5.32. The summed E-state index contributed by atoms with van der Waals surface area (Å²) in [6, 6.07) is 14.7. The van der Waals surface area contributed by atoms with E-state index in [0.717, 1.165) is 17.8 Å². The Bertz CT molecular complexity index is 817. The Balaban J connectivity index is 1.93. The SMILES string of the molecule is CCCCc1ccc(NC(=S)Nc2ccc(S(=O)(=O)NCC)cc2)cc1. The van der Waals surface area contributed by atoms with E-state index in [1.165, 1.54) is 18.4 Å². The quantitative estimate of drug-likeness (QED) is 0.590. The van der Waals surface area contributed by atoms with Gasteiger partial charge in [-0.05, 0) is 67.0 Å². The minimum absolute atomic E-state index is 0.228. The molecule has 2 aromatic carbocycles. The van der Waals surface area contributed by atoms with Crippen molar-refractivity contribution in [1.29, 1.82) is 0 Å². The third-order valence-corrected chi connectivity index (χ3v) is 5.55. The number of hydrogen-bond acceptors (Lipinski definition) is 3. The Morgan fingerprint density at radius 1 is 0.923 bits per heavy atom. The van der Waals surface area contributed by atoms with Crippen molar-refractivity contribution in [3.63, 3.8) is 0 Å². The average molecular weight is 392 g/mol. The molecule has 0 spiro atoms. The first-order chi connectivity index (χ1) is 12.4. The van der Waals surface area contributed by atoms with E-state index in [4.69, 9.17) is 12.2 Å². The van der Waals surface area contributed by atoms with Crippen molar-refractivity contribution in [3.8, 4) is 0 Å². The van der Waals surface area contributed by atoms with E-state index in [2.05, 4.69) is 34.4 Å². The van der Waals surface area contributed by atoms with Crippen LogP contribution < -0.4 is 15.4 Å². The number of sulfonamides is 1. The molecule has 0 aliphatic carbocycles. The van der Waals surface area contributed by atoms with Crippen LogP contribution in [0.2, 0.25) is 0 Å². The van der Waals surface area contributed by atoms with Gasteiger partial charge in [0.1, 0.15) is 0 Å². The zero-order valence-electron chi connectivity index (χ0n) is 15.1. The Morgan fingerprint density at radius 2 is 1.46 bits per heavy atom. The molecule has 26 heavy (non-hydrogen) atoms. The van der Waals surface area contributed by atoms with Crippen molar-refractivity contribution in [1.82, 2.24) is 4.72 Å². The lowest BCUT2D eigenvalue weighted by molar-refractivity contribution is 0.584. The van der Waals surface area contributed by atoms with Crippen LogP contribution in [0.4, 0.5) is 11.4 Å². The van der Waals surface area contributed by atoms with E-state index in [1.807, 2.05) is 12.1 Å². The monoisotopic (exact) mass is 391 g/mol. The molecule has 140 valence electrons. The molecule has 0 fully saturated rings. The van der Waals surface area contributed by atoms with Gasteiger partial charge in [-0.3, -0.25) is 0 Å². The number of hydrogen-bond donors (Lipinski definition) is 3. The van der Waals surface area contributed by atoms with Gasteiger partial charge in [-0.1, -0.05) is 32.4 Å². The van der Waals surface area contributed by atoms with Crippen molar-refractivity contribution in [3.05, 3.63) is 54.1 Å². The van der Waals surface area contributed by atoms with E-state index >= 15 is 0 Å². The van der Waals surface area contributed by atoms with Gasteiger partial charge in [0.05, 0.1) is 4.90 Å². The van der Waals surface area contributed by atoms with E-state index in [1.54, 1.807) is 31.2 Å². The first-order valence-electron chi connectivity index (χ1n) is 8.71. The molecule has 0 unspecified atom stereocenters. The van der Waals surface area contributed by atoms with Crippen molar-refractivity contribution < 1.29 is 8.42 Å². The van der Waals surface area contributed by atoms with Crippen LogP contribution in [0, 0.1) is 0 Å². The van der Waals surface area contributed by atoms with E-state index in [0.29, 0.717) is 11.7 Å². The zero-order valence-corrected chi connectivity index (χ0v) is 16.7. The molecule has 0 radical (unpaired) electrons. The van der Waals surface area contributed by atoms with Crippen molar-refractivity contribution in [2.24, 2.45) is 0 Å². The fourth-order valence-corrected chi connectivity index (χ4v) is 3.70. The summed E-state index contributed by atoms with van der Waals surface area (Å²) in [5.74, 6) is 0. The first-order valence-corrected chi connectivity index (χ1v) is 10.6. The van der Waals surface area contributed by atoms with Crippen molar-refractivity contribution in [2.75, 3.05) is 17.2 Å². The van der Waals surface area contributed by atoms with Crippen molar-refractivity contribution in [2.45, 2.75) is 38.0 Å². The highest BCUT2D eigenvalue weighted by Gasteiger charge is 2.12. The number of unbranched alkanes of at least 4 members (excludes halogenated alkanes) is 1. The van der Waals surface area contributed by atoms with Gasteiger partial charge < -0.3 is 10.6 Å². The highest BCUT2D eigenvalue weighted by Crippen LogP contribution is 2.15. The van der Waals surface area contributed by atoms with E-state index in [-0.39, 0.29) is 4.90 Å². The fraction of sp³-hybridized carbons (Fsp3) is 0.316. The molecule has 0 saturated heterocycles. The van der Waals surface area contributed by atoms with Gasteiger partial charge in [-0.2, -0.15) is 0 Å². The first kappa shape index (κ1) is 20.4. The minimum atomic E-state index is -3.44. The molecule has 5 nitrogen and oxygen atoms in total. The lowest BCUT2D eigenvalue weighted by Gasteiger charge is -2.12. The van der Waals surface area contributed by atoms with E-state index < -0.39 is 10.0 Å². The van der Waals surface area contributed by atoms with Crippen LogP contribution in [0.15, 0.2) is 53.4 Å². The van der Waals surface area contributed by atoms with Gasteiger partial charge in [0.2, 0.25) is 10.0 Å². The van der Waals surface area contributed by atoms with Crippen LogP contribution in [0.5, 0.6) is 0 Å². The maximum atomic E-state index is 11.9. The number of anilines is 2. The molecule has 0 saturated carbocycles. The van der Waals surface area contributed by atoms with Crippen molar-refractivity contribution >= 4 is 38.7 Å². The maximum absolute atomic E-state index is 11.9. The van der Waals surface area contributed by atoms with Crippen LogP contribution >= 0.6 is 12.2 Å². The molecular formula is C19H25N3O2S2. The summed E-state index contributed by atoms with van der Waals surface area (Å²) in [7, 11) is -3.44. The molecule has 0 aliphatic rings. The fourth-order valence-electron chi connectivity index (χ4n) is 2.42. The van der Waals surface area contributed by atoms with Gasteiger partial charge in [0, 0.05) is 17.9 Å². The smallest absolute Gasteiger partial charge is 0.240 e. The predicted molar refractivity (Wildman–Crippen MR) is 112 cm³/mol. The summed E-state index contributed by atoms with van der Waals surface area (Å²) in [6.07, 6.45) is 3.45. The highest BCUT2D eigenvalue weighted by atomic mass is 32.2. The Morgan fingerprint density at radius 3 is 1.96 bits per heavy atom. The molecule has 0 aliphatic heterocycles. The molecule has 2 rings (SSSR count). The minimum Gasteiger partial charge on any atom is -0.332 e. The number of rotatable bonds is 8. The van der Waals surface area contributed by atoms with Gasteiger partial charge in [0.15, 0.2) is 5.11 Å². The van der Waals surface area contributed by atoms with Gasteiger partial charge in [0.25, 0.3) is 0 Å². The number of thiocarbonyl (C=S) groups is 1. The van der Waals surface area contributed by atoms with Crippen LogP contribution in [0.25, 0.3) is 0 Å². The third kappa shape index (κ3) is 6.09. The summed E-state index contributed by atoms with van der Waals surface area (Å²) in [4.78, 5) is 0.228. The van der Waals surface area contributed by atoms with E-state index in [9.17, 15) is 8.42 Å². The molecule has 3 N–H and O–H groups in total. The van der Waals surface area contributed by atoms with Gasteiger partial charge in [-0.25, -0.2) is 13.1 Å². The number of aryl methyl sites for hydroxylation is 1. The highest BCUT2D eigenvalue weighted by molar-refractivity contribution is 7.89. The number of nitrogens with one attached hydrogen (secondary N) is 3. The standard InChI is InChI=1S/C19H25N3O2S2/c1-3-5-6-15-7-9-16(10-8-15)21-19(25)22-17-11-13-18(14-12-17)26(23,24)20-4-2/h7-14,20H,3-6H2,1-2H3,(H2,21,22,25). The summed E-state index contributed by atoms with van der Waals surface area (Å²) < 4.78 is 26.3. The molecule has 0 bridgehead atoms. The normalized spacial score (nSPS) is 11.2.